The molecule has 0 fully saturated rings. The van der Waals surface area contributed by atoms with Gasteiger partial charge in [-0.05, 0) is 37.0 Å². The van der Waals surface area contributed by atoms with Gasteiger partial charge in [-0.1, -0.05) is 37.3 Å². The van der Waals surface area contributed by atoms with Gasteiger partial charge in [-0.15, -0.1) is 0 Å². The Balaban J connectivity index is 2.13. The van der Waals surface area contributed by atoms with Crippen molar-refractivity contribution in [2.24, 2.45) is 0 Å². The van der Waals surface area contributed by atoms with Crippen LogP contribution in [0.4, 0.5) is 0 Å². The summed E-state index contributed by atoms with van der Waals surface area (Å²) in [6.07, 6.45) is 1.94. The minimum Gasteiger partial charge on any atom is -0.427 e. The maximum Gasteiger partial charge on any atom is 0.349 e. The lowest BCUT2D eigenvalue weighted by atomic mass is 10.1. The Morgan fingerprint density at radius 1 is 1.25 bits per heavy atom. The highest BCUT2D eigenvalue weighted by atomic mass is 16.4. The summed E-state index contributed by atoms with van der Waals surface area (Å²) in [6.45, 7) is 3.41. The van der Waals surface area contributed by atoms with Crippen molar-refractivity contribution in [3.05, 3.63) is 69.3 Å². The number of aliphatic hydroxyl groups is 1. The second kappa shape index (κ2) is 8.45. The Kier molecular flexibility index (Phi) is 6.32. The van der Waals surface area contributed by atoms with Gasteiger partial charge >= 0.3 is 5.63 Å². The summed E-state index contributed by atoms with van der Waals surface area (Å²) in [7, 11) is 0. The molecule has 0 aliphatic carbocycles. The number of aryl methyl sites for hydroxylation is 3. The Hall–Kier alpha value is -2.40. The first-order valence-corrected chi connectivity index (χ1v) is 8.14. The molecular formula is C19H23NO4. The standard InChI is InChI=1S/C19H23NO4/c1-3-15(12-21)20-18(22)17-13(2)11-16(24-19(17)23)10-9-14-7-5-4-6-8-14/h4-8,11,15,21H,3,9-10,12H2,1-2H3,(H,20,22). The monoisotopic (exact) mass is 329 g/mol. The van der Waals surface area contributed by atoms with Gasteiger partial charge in [-0.2, -0.15) is 0 Å². The van der Waals surface area contributed by atoms with Crippen LogP contribution in [0.25, 0.3) is 0 Å². The van der Waals surface area contributed by atoms with Crippen LogP contribution in [0.1, 0.15) is 40.6 Å². The third-order valence-corrected chi connectivity index (χ3v) is 3.98. The lowest BCUT2D eigenvalue weighted by Gasteiger charge is -2.14. The summed E-state index contributed by atoms with van der Waals surface area (Å²) in [5, 5.41) is 11.8. The Labute approximate surface area is 141 Å². The molecule has 24 heavy (non-hydrogen) atoms. The zero-order chi connectivity index (χ0) is 17.5. The van der Waals surface area contributed by atoms with E-state index in [0.29, 0.717) is 24.2 Å². The molecule has 0 spiro atoms. The molecule has 2 aromatic rings. The third kappa shape index (κ3) is 4.55. The van der Waals surface area contributed by atoms with Crippen LogP contribution >= 0.6 is 0 Å². The Morgan fingerprint density at radius 2 is 1.96 bits per heavy atom. The summed E-state index contributed by atoms with van der Waals surface area (Å²) in [5.74, 6) is 0.0591. The predicted octanol–water partition coefficient (Wildman–Crippen LogP) is 2.23. The largest absolute Gasteiger partial charge is 0.427 e. The Morgan fingerprint density at radius 3 is 2.54 bits per heavy atom. The molecule has 0 aliphatic heterocycles. The molecule has 1 unspecified atom stereocenters. The zero-order valence-electron chi connectivity index (χ0n) is 14.0. The summed E-state index contributed by atoms with van der Waals surface area (Å²) in [5.41, 5.74) is 1.11. The van der Waals surface area contributed by atoms with Gasteiger partial charge in [0, 0.05) is 6.42 Å². The summed E-state index contributed by atoms with van der Waals surface area (Å²) >= 11 is 0. The minimum atomic E-state index is -0.636. The second-order valence-corrected chi connectivity index (χ2v) is 5.80. The number of benzene rings is 1. The average molecular weight is 329 g/mol. The van der Waals surface area contributed by atoms with E-state index < -0.39 is 11.5 Å². The van der Waals surface area contributed by atoms with E-state index in [1.54, 1.807) is 13.0 Å². The van der Waals surface area contributed by atoms with Crippen molar-refractivity contribution in [3.8, 4) is 0 Å². The number of aliphatic hydroxyl groups excluding tert-OH is 1. The molecule has 1 amide bonds. The number of nitrogens with one attached hydrogen (secondary N) is 1. The number of hydrogen-bond acceptors (Lipinski definition) is 4. The van der Waals surface area contributed by atoms with E-state index in [1.165, 1.54) is 0 Å². The summed E-state index contributed by atoms with van der Waals surface area (Å²) in [6, 6.07) is 11.3. The van der Waals surface area contributed by atoms with Crippen molar-refractivity contribution in [3.63, 3.8) is 0 Å². The number of carbonyl (C=O) groups excluding carboxylic acids is 1. The highest BCUT2D eigenvalue weighted by Crippen LogP contribution is 2.11. The Bertz CT molecular complexity index is 733. The van der Waals surface area contributed by atoms with Crippen LogP contribution in [0.2, 0.25) is 0 Å². The first-order valence-electron chi connectivity index (χ1n) is 8.14. The quantitative estimate of drug-likeness (QED) is 0.816. The maximum absolute atomic E-state index is 12.2. The lowest BCUT2D eigenvalue weighted by Crippen LogP contribution is -2.39. The van der Waals surface area contributed by atoms with E-state index in [0.717, 1.165) is 12.0 Å². The molecule has 2 N–H and O–H groups in total. The van der Waals surface area contributed by atoms with Gasteiger partial charge in [-0.3, -0.25) is 4.79 Å². The van der Waals surface area contributed by atoms with Crippen molar-refractivity contribution < 1.29 is 14.3 Å². The number of hydrogen-bond donors (Lipinski definition) is 2. The number of rotatable bonds is 7. The normalized spacial score (nSPS) is 12.0. The van der Waals surface area contributed by atoms with E-state index in [9.17, 15) is 9.59 Å². The molecule has 1 heterocycles. The highest BCUT2D eigenvalue weighted by molar-refractivity contribution is 5.95. The van der Waals surface area contributed by atoms with Gasteiger partial charge < -0.3 is 14.8 Å². The molecule has 0 bridgehead atoms. The lowest BCUT2D eigenvalue weighted by molar-refractivity contribution is 0.0909. The summed E-state index contributed by atoms with van der Waals surface area (Å²) < 4.78 is 5.30. The van der Waals surface area contributed by atoms with Crippen LogP contribution in [0.3, 0.4) is 0 Å². The van der Waals surface area contributed by atoms with E-state index in [4.69, 9.17) is 9.52 Å². The molecule has 2 rings (SSSR count). The first-order chi connectivity index (χ1) is 11.5. The second-order valence-electron chi connectivity index (χ2n) is 5.80. The van der Waals surface area contributed by atoms with Crippen LogP contribution in [0.5, 0.6) is 0 Å². The molecule has 0 saturated carbocycles. The first kappa shape index (κ1) is 17.9. The van der Waals surface area contributed by atoms with Crippen molar-refractivity contribution in [1.82, 2.24) is 5.32 Å². The highest BCUT2D eigenvalue weighted by Gasteiger charge is 2.19. The summed E-state index contributed by atoms with van der Waals surface area (Å²) in [4.78, 5) is 24.4. The molecule has 5 nitrogen and oxygen atoms in total. The molecule has 1 aromatic carbocycles. The van der Waals surface area contributed by atoms with Crippen LogP contribution in [0.15, 0.2) is 45.6 Å². The van der Waals surface area contributed by atoms with Gasteiger partial charge in [0.1, 0.15) is 11.3 Å². The van der Waals surface area contributed by atoms with Gasteiger partial charge in [0.15, 0.2) is 0 Å². The SMILES string of the molecule is CCC(CO)NC(=O)c1c(C)cc(CCc2ccccc2)oc1=O. The number of carbonyl (C=O) groups is 1. The van der Waals surface area contributed by atoms with Gasteiger partial charge in [0.2, 0.25) is 0 Å². The van der Waals surface area contributed by atoms with E-state index in [2.05, 4.69) is 5.32 Å². The van der Waals surface area contributed by atoms with Crippen molar-refractivity contribution >= 4 is 5.91 Å². The molecule has 0 aliphatic rings. The maximum atomic E-state index is 12.2. The molecular weight excluding hydrogens is 306 g/mol. The van der Waals surface area contributed by atoms with Crippen LogP contribution < -0.4 is 10.9 Å². The zero-order valence-corrected chi connectivity index (χ0v) is 14.0. The van der Waals surface area contributed by atoms with E-state index >= 15 is 0 Å². The van der Waals surface area contributed by atoms with E-state index in [-0.39, 0.29) is 18.2 Å². The van der Waals surface area contributed by atoms with E-state index in [1.807, 2.05) is 37.3 Å². The molecule has 5 heteroatoms. The van der Waals surface area contributed by atoms with Gasteiger partial charge in [0.25, 0.3) is 5.91 Å². The minimum absolute atomic E-state index is 0.00496. The number of amides is 1. The fourth-order valence-electron chi connectivity index (χ4n) is 2.52. The van der Waals surface area contributed by atoms with Crippen LogP contribution in [-0.4, -0.2) is 23.7 Å². The van der Waals surface area contributed by atoms with Crippen LogP contribution in [0, 0.1) is 6.92 Å². The average Bonchev–Trinajstić information content (AvgIpc) is 2.58. The third-order valence-electron chi connectivity index (χ3n) is 3.98. The smallest absolute Gasteiger partial charge is 0.349 e. The molecule has 128 valence electrons. The van der Waals surface area contributed by atoms with Crippen LogP contribution in [-0.2, 0) is 12.8 Å². The fourth-order valence-corrected chi connectivity index (χ4v) is 2.52. The molecule has 1 atom stereocenters. The van der Waals surface area contributed by atoms with Crippen molar-refractivity contribution in [2.45, 2.75) is 39.2 Å². The molecule has 0 saturated heterocycles. The van der Waals surface area contributed by atoms with Crippen molar-refractivity contribution in [1.29, 1.82) is 0 Å². The molecule has 0 radical (unpaired) electrons. The topological polar surface area (TPSA) is 79.5 Å². The van der Waals surface area contributed by atoms with Gasteiger partial charge in [0.05, 0.1) is 12.6 Å². The fraction of sp³-hybridized carbons (Fsp3) is 0.368. The molecule has 1 aromatic heterocycles. The predicted molar refractivity (Wildman–Crippen MR) is 92.2 cm³/mol. The van der Waals surface area contributed by atoms with Gasteiger partial charge in [-0.25, -0.2) is 4.79 Å². The van der Waals surface area contributed by atoms with Crippen molar-refractivity contribution in [2.75, 3.05) is 6.61 Å².